The highest BCUT2D eigenvalue weighted by Crippen LogP contribution is 2.20. The normalized spacial score (nSPS) is 18.3. The maximum Gasteiger partial charge on any atom is 0.224 e. The number of aldehydes is 1. The number of hydrogen-bond donors (Lipinski definition) is 1. The Hall–Kier alpha value is -1.12. The fourth-order valence-corrected chi connectivity index (χ4v) is 2.71. The fourth-order valence-electron chi connectivity index (χ4n) is 2.71. The fraction of sp³-hybridized carbons (Fsp3) is 0.750. The summed E-state index contributed by atoms with van der Waals surface area (Å²) in [7, 11) is 0. The first-order chi connectivity index (χ1) is 9.21. The van der Waals surface area contributed by atoms with Crippen molar-refractivity contribution in [2.75, 3.05) is 0 Å². The highest BCUT2D eigenvalue weighted by Gasteiger charge is 2.21. The van der Waals surface area contributed by atoms with Crippen LogP contribution >= 0.6 is 0 Å². The van der Waals surface area contributed by atoms with Crippen molar-refractivity contribution in [2.45, 2.75) is 71.3 Å². The molecule has 1 amide bonds. The Kier molecular flexibility index (Phi) is 7.46. The van der Waals surface area contributed by atoms with E-state index >= 15 is 0 Å². The summed E-state index contributed by atoms with van der Waals surface area (Å²) in [6, 6.07) is 0.00388. The molecule has 0 bridgehead atoms. The SMILES string of the molecule is CCCC(NC(=O)CC1=CCCCC1)C(C=O)CC. The largest absolute Gasteiger partial charge is 0.352 e. The molecule has 0 saturated heterocycles. The highest BCUT2D eigenvalue weighted by atomic mass is 16.1. The van der Waals surface area contributed by atoms with Gasteiger partial charge in [0.1, 0.15) is 6.29 Å². The van der Waals surface area contributed by atoms with Gasteiger partial charge in [-0.3, -0.25) is 4.79 Å². The Balaban J connectivity index is 2.50. The van der Waals surface area contributed by atoms with E-state index in [4.69, 9.17) is 0 Å². The van der Waals surface area contributed by atoms with Crippen LogP contribution in [-0.4, -0.2) is 18.2 Å². The Morgan fingerprint density at radius 2 is 2.21 bits per heavy atom. The van der Waals surface area contributed by atoms with Crippen molar-refractivity contribution in [3.05, 3.63) is 11.6 Å². The summed E-state index contributed by atoms with van der Waals surface area (Å²) >= 11 is 0. The highest BCUT2D eigenvalue weighted by molar-refractivity contribution is 5.79. The van der Waals surface area contributed by atoms with E-state index in [1.807, 2.05) is 6.92 Å². The standard InChI is InChI=1S/C16H27NO2/c1-3-8-15(14(4-2)12-18)17-16(19)11-13-9-6-5-7-10-13/h9,12,14-15H,3-8,10-11H2,1-2H3,(H,17,19). The smallest absolute Gasteiger partial charge is 0.224 e. The molecule has 0 aromatic heterocycles. The summed E-state index contributed by atoms with van der Waals surface area (Å²) < 4.78 is 0. The van der Waals surface area contributed by atoms with Gasteiger partial charge in [0.15, 0.2) is 0 Å². The maximum atomic E-state index is 12.1. The molecular formula is C16H27NO2. The molecule has 0 spiro atoms. The van der Waals surface area contributed by atoms with Gasteiger partial charge in [-0.15, -0.1) is 0 Å². The van der Waals surface area contributed by atoms with E-state index in [0.717, 1.165) is 38.4 Å². The molecule has 1 aliphatic carbocycles. The van der Waals surface area contributed by atoms with Gasteiger partial charge in [0.25, 0.3) is 0 Å². The minimum absolute atomic E-state index is 0.00388. The lowest BCUT2D eigenvalue weighted by atomic mass is 9.93. The Bertz CT molecular complexity index is 323. The van der Waals surface area contributed by atoms with Gasteiger partial charge in [0.2, 0.25) is 5.91 Å². The van der Waals surface area contributed by atoms with Crippen molar-refractivity contribution in [3.63, 3.8) is 0 Å². The monoisotopic (exact) mass is 265 g/mol. The molecule has 0 aliphatic heterocycles. The molecule has 3 nitrogen and oxygen atoms in total. The minimum Gasteiger partial charge on any atom is -0.352 e. The second kappa shape index (κ2) is 8.89. The second-order valence-electron chi connectivity index (χ2n) is 5.46. The first-order valence-corrected chi connectivity index (χ1v) is 7.63. The van der Waals surface area contributed by atoms with Gasteiger partial charge >= 0.3 is 0 Å². The Morgan fingerprint density at radius 3 is 2.74 bits per heavy atom. The van der Waals surface area contributed by atoms with Crippen LogP contribution in [0.4, 0.5) is 0 Å². The van der Waals surface area contributed by atoms with Gasteiger partial charge in [0.05, 0.1) is 0 Å². The zero-order chi connectivity index (χ0) is 14.1. The lowest BCUT2D eigenvalue weighted by Crippen LogP contribution is -2.40. The van der Waals surface area contributed by atoms with E-state index in [0.29, 0.717) is 6.42 Å². The van der Waals surface area contributed by atoms with Gasteiger partial charge in [0, 0.05) is 18.4 Å². The third-order valence-corrected chi connectivity index (χ3v) is 3.88. The van der Waals surface area contributed by atoms with Crippen LogP contribution in [0.3, 0.4) is 0 Å². The number of hydrogen-bond acceptors (Lipinski definition) is 2. The van der Waals surface area contributed by atoms with Gasteiger partial charge in [-0.2, -0.15) is 0 Å². The van der Waals surface area contributed by atoms with E-state index in [1.165, 1.54) is 18.4 Å². The number of carbonyl (C=O) groups is 2. The molecule has 0 aromatic rings. The van der Waals surface area contributed by atoms with E-state index in [9.17, 15) is 9.59 Å². The molecule has 1 aliphatic rings. The van der Waals surface area contributed by atoms with Crippen LogP contribution in [-0.2, 0) is 9.59 Å². The van der Waals surface area contributed by atoms with Crippen LogP contribution in [0.2, 0.25) is 0 Å². The summed E-state index contributed by atoms with van der Waals surface area (Å²) in [4.78, 5) is 23.1. The van der Waals surface area contributed by atoms with Crippen molar-refractivity contribution in [2.24, 2.45) is 5.92 Å². The molecule has 2 atom stereocenters. The maximum absolute atomic E-state index is 12.1. The number of rotatable bonds is 8. The Morgan fingerprint density at radius 1 is 1.42 bits per heavy atom. The first kappa shape index (κ1) is 15.9. The number of nitrogens with one attached hydrogen (secondary N) is 1. The lowest BCUT2D eigenvalue weighted by Gasteiger charge is -2.23. The molecule has 19 heavy (non-hydrogen) atoms. The van der Waals surface area contributed by atoms with Crippen LogP contribution in [0.15, 0.2) is 11.6 Å². The van der Waals surface area contributed by atoms with Crippen LogP contribution in [0.5, 0.6) is 0 Å². The van der Waals surface area contributed by atoms with Crippen molar-refractivity contribution in [1.29, 1.82) is 0 Å². The lowest BCUT2D eigenvalue weighted by molar-refractivity contribution is -0.122. The van der Waals surface area contributed by atoms with E-state index in [2.05, 4.69) is 18.3 Å². The summed E-state index contributed by atoms with van der Waals surface area (Å²) in [5.41, 5.74) is 1.26. The molecule has 0 fully saturated rings. The van der Waals surface area contributed by atoms with E-state index < -0.39 is 0 Å². The second-order valence-corrected chi connectivity index (χ2v) is 5.46. The molecule has 0 saturated carbocycles. The zero-order valence-corrected chi connectivity index (χ0v) is 12.3. The van der Waals surface area contributed by atoms with Crippen molar-refractivity contribution >= 4 is 12.2 Å². The van der Waals surface area contributed by atoms with Gasteiger partial charge < -0.3 is 10.1 Å². The quantitative estimate of drug-likeness (QED) is 0.540. The van der Waals surface area contributed by atoms with Crippen molar-refractivity contribution in [3.8, 4) is 0 Å². The molecule has 1 rings (SSSR count). The van der Waals surface area contributed by atoms with Crippen molar-refractivity contribution < 1.29 is 9.59 Å². The van der Waals surface area contributed by atoms with Crippen LogP contribution in [0, 0.1) is 5.92 Å². The third-order valence-electron chi connectivity index (χ3n) is 3.88. The number of amides is 1. The average Bonchev–Trinajstić information content (AvgIpc) is 2.41. The molecule has 1 N–H and O–H groups in total. The van der Waals surface area contributed by atoms with Gasteiger partial charge in [-0.05, 0) is 38.5 Å². The van der Waals surface area contributed by atoms with E-state index in [-0.39, 0.29) is 17.9 Å². The van der Waals surface area contributed by atoms with E-state index in [1.54, 1.807) is 0 Å². The topological polar surface area (TPSA) is 46.2 Å². The molecular weight excluding hydrogens is 238 g/mol. The van der Waals surface area contributed by atoms with Crippen molar-refractivity contribution in [1.82, 2.24) is 5.32 Å². The molecule has 108 valence electrons. The summed E-state index contributed by atoms with van der Waals surface area (Å²) in [5, 5.41) is 3.06. The summed E-state index contributed by atoms with van der Waals surface area (Å²) in [6.07, 6.45) is 10.9. The summed E-state index contributed by atoms with van der Waals surface area (Å²) in [6.45, 7) is 4.08. The Labute approximate surface area is 116 Å². The first-order valence-electron chi connectivity index (χ1n) is 7.63. The molecule has 0 heterocycles. The summed E-state index contributed by atoms with van der Waals surface area (Å²) in [5.74, 6) is 0.0242. The third kappa shape index (κ3) is 5.58. The number of carbonyl (C=O) groups excluding carboxylic acids is 2. The molecule has 3 heteroatoms. The molecule has 0 aromatic carbocycles. The predicted octanol–water partition coefficient (Wildman–Crippen LogP) is 3.39. The minimum atomic E-state index is -0.0516. The predicted molar refractivity (Wildman–Crippen MR) is 77.9 cm³/mol. The van der Waals surface area contributed by atoms with Crippen LogP contribution < -0.4 is 5.32 Å². The molecule has 2 unspecified atom stereocenters. The number of allylic oxidation sites excluding steroid dienone is 1. The van der Waals surface area contributed by atoms with Crippen LogP contribution in [0.1, 0.15) is 65.2 Å². The zero-order valence-electron chi connectivity index (χ0n) is 12.3. The van der Waals surface area contributed by atoms with Crippen LogP contribution in [0.25, 0.3) is 0 Å². The molecule has 0 radical (unpaired) electrons. The average molecular weight is 265 g/mol. The van der Waals surface area contributed by atoms with Gasteiger partial charge in [-0.25, -0.2) is 0 Å². The van der Waals surface area contributed by atoms with Gasteiger partial charge in [-0.1, -0.05) is 31.9 Å².